The fourth-order valence-corrected chi connectivity index (χ4v) is 4.93. The number of nitriles is 1. The summed E-state index contributed by atoms with van der Waals surface area (Å²) in [6.45, 7) is 0. The third kappa shape index (κ3) is 3.17. The molecule has 0 saturated carbocycles. The zero-order valence-corrected chi connectivity index (χ0v) is 19.4. The third-order valence-electron chi connectivity index (χ3n) is 6.71. The van der Waals surface area contributed by atoms with Crippen LogP contribution in [0.1, 0.15) is 0 Å². The zero-order valence-electron chi connectivity index (χ0n) is 19.4. The quantitative estimate of drug-likeness (QED) is 0.260. The van der Waals surface area contributed by atoms with E-state index in [1.165, 1.54) is 24.5 Å². The van der Waals surface area contributed by atoms with Gasteiger partial charge in [0.25, 0.3) is 0 Å². The number of benzene rings is 2. The Hall–Kier alpha value is -5.49. The van der Waals surface area contributed by atoms with Crippen LogP contribution in [-0.4, -0.2) is 19.9 Å². The van der Waals surface area contributed by atoms with Gasteiger partial charge < -0.3 is 0 Å². The van der Waals surface area contributed by atoms with E-state index >= 15 is 0 Å². The summed E-state index contributed by atoms with van der Waals surface area (Å²) in [5.74, 6) is -1.13. The van der Waals surface area contributed by atoms with Gasteiger partial charge in [-0.3, -0.25) is 5.41 Å². The van der Waals surface area contributed by atoms with Crippen LogP contribution in [0.3, 0.4) is 0 Å². The van der Waals surface area contributed by atoms with Crippen LogP contribution in [0.15, 0.2) is 78.0 Å². The SMILES string of the molecule is N#CN=c1c2cc(-c3ccc(F)nc3)ccc2c2nc3c(=N)c4cc(-c5ccc(F)nc5)ccc4c3nc12. The van der Waals surface area contributed by atoms with Crippen LogP contribution in [0.25, 0.3) is 65.9 Å². The largest absolute Gasteiger partial charge is 0.298 e. The highest BCUT2D eigenvalue weighted by molar-refractivity contribution is 6.15. The summed E-state index contributed by atoms with van der Waals surface area (Å²) in [5, 5.41) is 21.7. The first-order chi connectivity index (χ1) is 18.5. The lowest BCUT2D eigenvalue weighted by Gasteiger charge is -2.01. The smallest absolute Gasteiger partial charge is 0.212 e. The minimum atomic E-state index is -0.568. The van der Waals surface area contributed by atoms with E-state index < -0.39 is 11.9 Å². The highest BCUT2D eigenvalue weighted by Crippen LogP contribution is 2.31. The maximum atomic E-state index is 13.3. The molecule has 0 unspecified atom stereocenters. The lowest BCUT2D eigenvalue weighted by molar-refractivity contribution is 0.583. The van der Waals surface area contributed by atoms with Gasteiger partial charge in [-0.05, 0) is 47.5 Å². The van der Waals surface area contributed by atoms with Crippen LogP contribution in [0.4, 0.5) is 8.78 Å². The molecule has 0 bridgehead atoms. The number of aromatic nitrogens is 4. The second-order valence-corrected chi connectivity index (χ2v) is 8.81. The number of halogens is 2. The van der Waals surface area contributed by atoms with Gasteiger partial charge in [-0.2, -0.15) is 19.0 Å². The van der Waals surface area contributed by atoms with Gasteiger partial charge in [0.05, 0.1) is 16.4 Å². The standard InChI is InChI=1S/C29H13F2N7/c30-22-7-3-16(11-34-22)14-1-5-18-20(9-14)24(33)28-26(18)38-29-25(36-13-32)21-10-15(2-6-19(21)27(29)37-28)17-4-8-23(31)35-12-17/h1-12,33H. The van der Waals surface area contributed by atoms with Crippen molar-refractivity contribution < 1.29 is 8.78 Å². The van der Waals surface area contributed by atoms with Crippen LogP contribution in [0.5, 0.6) is 0 Å². The number of nitrogens with zero attached hydrogens (tertiary/aromatic N) is 6. The van der Waals surface area contributed by atoms with Crippen molar-refractivity contribution in [2.75, 3.05) is 0 Å². The van der Waals surface area contributed by atoms with Crippen molar-refractivity contribution in [1.82, 2.24) is 19.9 Å². The maximum absolute atomic E-state index is 13.3. The fraction of sp³-hybridized carbons (Fsp3) is 0. The van der Waals surface area contributed by atoms with Gasteiger partial charge in [0.2, 0.25) is 18.1 Å². The fourth-order valence-electron chi connectivity index (χ4n) is 4.93. The molecule has 0 aliphatic rings. The van der Waals surface area contributed by atoms with Gasteiger partial charge in [0, 0.05) is 45.1 Å². The zero-order chi connectivity index (χ0) is 26.0. The van der Waals surface area contributed by atoms with E-state index in [0.29, 0.717) is 43.8 Å². The van der Waals surface area contributed by atoms with E-state index in [1.54, 1.807) is 12.1 Å². The Balaban J connectivity index is 1.50. The molecule has 0 radical (unpaired) electrons. The molecule has 38 heavy (non-hydrogen) atoms. The van der Waals surface area contributed by atoms with Crippen LogP contribution in [0.2, 0.25) is 0 Å². The van der Waals surface area contributed by atoms with E-state index in [1.807, 2.05) is 42.6 Å². The summed E-state index contributed by atoms with van der Waals surface area (Å²) in [6, 6.07) is 17.0. The Labute approximate surface area is 212 Å². The second-order valence-electron chi connectivity index (χ2n) is 8.81. The predicted octanol–water partition coefficient (Wildman–Crippen LogP) is 5.23. The van der Waals surface area contributed by atoms with Crippen molar-refractivity contribution in [2.24, 2.45) is 4.99 Å². The summed E-state index contributed by atoms with van der Waals surface area (Å²) in [7, 11) is 0. The molecule has 7 aromatic rings. The molecule has 0 aliphatic carbocycles. The molecule has 4 aromatic carbocycles. The normalized spacial score (nSPS) is 12.2. The van der Waals surface area contributed by atoms with Crippen molar-refractivity contribution in [3.05, 3.63) is 95.7 Å². The molecule has 7 nitrogen and oxygen atoms in total. The monoisotopic (exact) mass is 497 g/mol. The van der Waals surface area contributed by atoms with Gasteiger partial charge in [0.1, 0.15) is 16.4 Å². The summed E-state index contributed by atoms with van der Waals surface area (Å²) in [6.07, 6.45) is 4.76. The Morgan fingerprint density at radius 3 is 1.74 bits per heavy atom. The molecular formula is C29H13F2N7. The molecule has 0 spiro atoms. The number of fused-ring (bicyclic) bond motifs is 6. The Morgan fingerprint density at radius 2 is 1.16 bits per heavy atom. The molecule has 0 aliphatic heterocycles. The lowest BCUT2D eigenvalue weighted by atomic mass is 10.0. The Kier molecular flexibility index (Phi) is 4.59. The first-order valence-electron chi connectivity index (χ1n) is 11.5. The van der Waals surface area contributed by atoms with E-state index in [-0.39, 0.29) is 5.36 Å². The first kappa shape index (κ1) is 21.8. The van der Waals surface area contributed by atoms with E-state index in [2.05, 4.69) is 15.0 Å². The van der Waals surface area contributed by atoms with E-state index in [9.17, 15) is 14.0 Å². The second kappa shape index (κ2) is 8.01. The van der Waals surface area contributed by atoms with Crippen LogP contribution < -0.4 is 10.7 Å². The van der Waals surface area contributed by atoms with Gasteiger partial charge in [0.15, 0.2) is 0 Å². The number of nitrogens with one attached hydrogen (secondary N) is 1. The van der Waals surface area contributed by atoms with Crippen LogP contribution >= 0.6 is 0 Å². The molecular weight excluding hydrogens is 484 g/mol. The minimum Gasteiger partial charge on any atom is -0.298 e. The molecule has 3 aromatic heterocycles. The van der Waals surface area contributed by atoms with Gasteiger partial charge >= 0.3 is 0 Å². The molecule has 1 N–H and O–H groups in total. The number of hydrogen-bond acceptors (Lipinski definition) is 7. The Morgan fingerprint density at radius 1 is 0.632 bits per heavy atom. The van der Waals surface area contributed by atoms with Crippen LogP contribution in [-0.2, 0) is 0 Å². The molecule has 3 heterocycles. The maximum Gasteiger partial charge on any atom is 0.212 e. The first-order valence-corrected chi connectivity index (χ1v) is 11.5. The number of rotatable bonds is 2. The average molecular weight is 497 g/mol. The highest BCUT2D eigenvalue weighted by Gasteiger charge is 2.18. The van der Waals surface area contributed by atoms with Gasteiger partial charge in [-0.15, -0.1) is 0 Å². The molecule has 0 fully saturated rings. The topological polar surface area (TPSA) is 112 Å². The summed E-state index contributed by atoms with van der Waals surface area (Å²) >= 11 is 0. The van der Waals surface area contributed by atoms with Gasteiger partial charge in [-0.1, -0.05) is 24.3 Å². The van der Waals surface area contributed by atoms with Crippen molar-refractivity contribution >= 4 is 43.6 Å². The molecule has 9 heteroatoms. The molecule has 0 atom stereocenters. The number of hydrogen-bond donors (Lipinski definition) is 1. The summed E-state index contributed by atoms with van der Waals surface area (Å²) in [4.78, 5) is 21.2. The van der Waals surface area contributed by atoms with Gasteiger partial charge in [-0.25, -0.2) is 19.9 Å². The molecule has 178 valence electrons. The summed E-state index contributed by atoms with van der Waals surface area (Å²) in [5.41, 5.74) is 4.99. The van der Waals surface area contributed by atoms with E-state index in [0.717, 1.165) is 27.5 Å². The lowest BCUT2D eigenvalue weighted by Crippen LogP contribution is -2.02. The van der Waals surface area contributed by atoms with Crippen molar-refractivity contribution in [1.29, 1.82) is 10.7 Å². The van der Waals surface area contributed by atoms with Crippen LogP contribution in [0, 0.1) is 28.8 Å². The minimum absolute atomic E-state index is 0.225. The average Bonchev–Trinajstić information content (AvgIpc) is 3.39. The third-order valence-corrected chi connectivity index (χ3v) is 6.71. The van der Waals surface area contributed by atoms with Crippen molar-refractivity contribution in [3.63, 3.8) is 0 Å². The Bertz CT molecular complexity index is 2220. The number of pyridine rings is 2. The van der Waals surface area contributed by atoms with Crippen molar-refractivity contribution in [2.45, 2.75) is 0 Å². The molecule has 7 rings (SSSR count). The van der Waals surface area contributed by atoms with E-state index in [4.69, 9.17) is 15.4 Å². The molecule has 0 amide bonds. The molecule has 0 saturated heterocycles. The van der Waals surface area contributed by atoms with Crippen molar-refractivity contribution in [3.8, 4) is 28.4 Å². The predicted molar refractivity (Wildman–Crippen MR) is 138 cm³/mol. The highest BCUT2D eigenvalue weighted by atomic mass is 19.1. The summed E-state index contributed by atoms with van der Waals surface area (Å²) < 4.78 is 26.6.